The summed E-state index contributed by atoms with van der Waals surface area (Å²) in [5.74, 6) is -2.91. The van der Waals surface area contributed by atoms with E-state index in [1.54, 1.807) is 24.1 Å². The van der Waals surface area contributed by atoms with Crippen molar-refractivity contribution in [3.05, 3.63) is 58.8 Å². The van der Waals surface area contributed by atoms with Gasteiger partial charge in [0.1, 0.15) is 10.8 Å². The summed E-state index contributed by atoms with van der Waals surface area (Å²) in [6, 6.07) is 1.58. The van der Waals surface area contributed by atoms with Crippen LogP contribution in [0.3, 0.4) is 0 Å². The lowest BCUT2D eigenvalue weighted by molar-refractivity contribution is 0.481. The molecule has 0 amide bonds. The SMILES string of the molecule is Cn1cc(Nc2ncc(Cl)c(NCc3c(F)ccc(F)c3F)n2)cn1. The fourth-order valence-corrected chi connectivity index (χ4v) is 2.23. The van der Waals surface area contributed by atoms with Crippen LogP contribution in [0, 0.1) is 17.5 Å². The van der Waals surface area contributed by atoms with E-state index in [0.29, 0.717) is 5.69 Å². The summed E-state index contributed by atoms with van der Waals surface area (Å²) in [6.07, 6.45) is 4.61. The van der Waals surface area contributed by atoms with E-state index in [9.17, 15) is 13.2 Å². The van der Waals surface area contributed by atoms with E-state index in [0.717, 1.165) is 12.1 Å². The molecule has 2 N–H and O–H groups in total. The van der Waals surface area contributed by atoms with Gasteiger partial charge >= 0.3 is 0 Å². The van der Waals surface area contributed by atoms with Gasteiger partial charge in [-0.25, -0.2) is 18.2 Å². The largest absolute Gasteiger partial charge is 0.364 e. The van der Waals surface area contributed by atoms with Gasteiger partial charge in [-0.1, -0.05) is 11.6 Å². The molecule has 1 aromatic carbocycles. The molecule has 6 nitrogen and oxygen atoms in total. The molecule has 130 valence electrons. The van der Waals surface area contributed by atoms with Gasteiger partial charge in [0.05, 0.1) is 18.1 Å². The molecule has 25 heavy (non-hydrogen) atoms. The van der Waals surface area contributed by atoms with E-state index >= 15 is 0 Å². The molecule has 0 fully saturated rings. The number of hydrogen-bond acceptors (Lipinski definition) is 5. The highest BCUT2D eigenvalue weighted by atomic mass is 35.5. The number of nitrogens with zero attached hydrogens (tertiary/aromatic N) is 4. The predicted molar refractivity (Wildman–Crippen MR) is 87.2 cm³/mol. The Labute approximate surface area is 145 Å². The number of aryl methyl sites for hydroxylation is 1. The van der Waals surface area contributed by atoms with E-state index < -0.39 is 23.0 Å². The summed E-state index contributed by atoms with van der Waals surface area (Å²) in [4.78, 5) is 8.14. The second-order valence-corrected chi connectivity index (χ2v) is 5.50. The van der Waals surface area contributed by atoms with Crippen LogP contribution in [0.1, 0.15) is 5.56 Å². The second kappa shape index (κ2) is 6.98. The van der Waals surface area contributed by atoms with Crippen LogP contribution < -0.4 is 10.6 Å². The summed E-state index contributed by atoms with van der Waals surface area (Å²) >= 11 is 5.99. The summed E-state index contributed by atoms with van der Waals surface area (Å²) in [5.41, 5.74) is 0.203. The lowest BCUT2D eigenvalue weighted by Gasteiger charge is -2.11. The lowest BCUT2D eigenvalue weighted by atomic mass is 10.2. The molecule has 0 atom stereocenters. The maximum Gasteiger partial charge on any atom is 0.229 e. The van der Waals surface area contributed by atoms with Crippen LogP contribution in [-0.2, 0) is 13.6 Å². The van der Waals surface area contributed by atoms with Crippen LogP contribution in [-0.4, -0.2) is 19.7 Å². The molecule has 0 unspecified atom stereocenters. The number of halogens is 4. The van der Waals surface area contributed by atoms with Gasteiger partial charge in [-0.3, -0.25) is 4.68 Å². The molecular formula is C15H12ClF3N6. The summed E-state index contributed by atoms with van der Waals surface area (Å²) in [5, 5.41) is 9.73. The first-order valence-corrected chi connectivity index (χ1v) is 7.46. The molecule has 10 heteroatoms. The Kier molecular flexibility index (Phi) is 4.75. The number of benzene rings is 1. The van der Waals surface area contributed by atoms with Crippen LogP contribution in [0.5, 0.6) is 0 Å². The van der Waals surface area contributed by atoms with Gasteiger partial charge in [0, 0.05) is 25.4 Å². The molecule has 0 spiro atoms. The van der Waals surface area contributed by atoms with E-state index in [4.69, 9.17) is 11.6 Å². The molecule has 3 rings (SSSR count). The van der Waals surface area contributed by atoms with Crippen LogP contribution in [0.25, 0.3) is 0 Å². The monoisotopic (exact) mass is 368 g/mol. The molecular weight excluding hydrogens is 357 g/mol. The number of anilines is 3. The van der Waals surface area contributed by atoms with Crippen molar-refractivity contribution in [2.24, 2.45) is 7.05 Å². The number of rotatable bonds is 5. The quantitative estimate of drug-likeness (QED) is 0.673. The van der Waals surface area contributed by atoms with Gasteiger partial charge < -0.3 is 10.6 Å². The van der Waals surface area contributed by atoms with Crippen LogP contribution in [0.2, 0.25) is 5.02 Å². The molecule has 0 bridgehead atoms. The molecule has 3 aromatic rings. The van der Waals surface area contributed by atoms with Gasteiger partial charge in [-0.15, -0.1) is 0 Å². The molecule has 0 radical (unpaired) electrons. The van der Waals surface area contributed by atoms with Crippen molar-refractivity contribution in [2.75, 3.05) is 10.6 Å². The molecule has 0 aliphatic heterocycles. The van der Waals surface area contributed by atoms with Crippen molar-refractivity contribution in [3.63, 3.8) is 0 Å². The highest BCUT2D eigenvalue weighted by Crippen LogP contribution is 2.23. The van der Waals surface area contributed by atoms with E-state index in [1.165, 1.54) is 6.20 Å². The minimum absolute atomic E-state index is 0.145. The Morgan fingerprint density at radius 1 is 1.16 bits per heavy atom. The summed E-state index contributed by atoms with van der Waals surface area (Å²) in [7, 11) is 1.75. The normalized spacial score (nSPS) is 10.8. The van der Waals surface area contributed by atoms with E-state index in [-0.39, 0.29) is 23.3 Å². The fraction of sp³-hybridized carbons (Fsp3) is 0.133. The maximum absolute atomic E-state index is 13.7. The molecule has 0 saturated carbocycles. The van der Waals surface area contributed by atoms with E-state index in [2.05, 4.69) is 25.7 Å². The topological polar surface area (TPSA) is 67.7 Å². The average molecular weight is 369 g/mol. The Hall–Kier alpha value is -2.81. The Balaban J connectivity index is 1.78. The average Bonchev–Trinajstić information content (AvgIpc) is 2.99. The Bertz CT molecular complexity index is 914. The van der Waals surface area contributed by atoms with Crippen LogP contribution in [0.15, 0.2) is 30.7 Å². The van der Waals surface area contributed by atoms with Crippen molar-refractivity contribution >= 4 is 29.1 Å². The molecule has 0 aliphatic rings. The van der Waals surface area contributed by atoms with Gasteiger partial charge in [-0.05, 0) is 12.1 Å². The first-order valence-electron chi connectivity index (χ1n) is 7.08. The van der Waals surface area contributed by atoms with Crippen LogP contribution in [0.4, 0.5) is 30.6 Å². The van der Waals surface area contributed by atoms with Gasteiger partial charge in [-0.2, -0.15) is 10.1 Å². The van der Waals surface area contributed by atoms with Crippen molar-refractivity contribution in [2.45, 2.75) is 6.54 Å². The molecule has 0 aliphatic carbocycles. The summed E-state index contributed by atoms with van der Waals surface area (Å²) in [6.45, 7) is -0.335. The molecule has 2 heterocycles. The predicted octanol–water partition coefficient (Wildman–Crippen LogP) is 3.64. The zero-order valence-electron chi connectivity index (χ0n) is 12.9. The Morgan fingerprint density at radius 3 is 2.64 bits per heavy atom. The van der Waals surface area contributed by atoms with Crippen molar-refractivity contribution < 1.29 is 13.2 Å². The minimum atomic E-state index is -1.26. The fourth-order valence-electron chi connectivity index (χ4n) is 2.07. The number of hydrogen-bond donors (Lipinski definition) is 2. The first-order chi connectivity index (χ1) is 11.9. The van der Waals surface area contributed by atoms with Gasteiger partial charge in [0.25, 0.3) is 0 Å². The zero-order valence-corrected chi connectivity index (χ0v) is 13.7. The van der Waals surface area contributed by atoms with Gasteiger partial charge in [0.15, 0.2) is 17.5 Å². The third-order valence-electron chi connectivity index (χ3n) is 3.28. The standard InChI is InChI=1S/C15H12ClF3N6/c1-25-7-8(4-22-25)23-15-21-6-10(16)14(24-15)20-5-9-11(17)2-3-12(18)13(9)19/h2-4,6-7H,5H2,1H3,(H2,20,21,23,24). The highest BCUT2D eigenvalue weighted by Gasteiger charge is 2.15. The van der Waals surface area contributed by atoms with Crippen molar-refractivity contribution in [1.82, 2.24) is 19.7 Å². The highest BCUT2D eigenvalue weighted by molar-refractivity contribution is 6.32. The van der Waals surface area contributed by atoms with Crippen molar-refractivity contribution in [1.29, 1.82) is 0 Å². The smallest absolute Gasteiger partial charge is 0.229 e. The molecule has 2 aromatic heterocycles. The first kappa shape index (κ1) is 17.0. The Morgan fingerprint density at radius 2 is 1.92 bits per heavy atom. The van der Waals surface area contributed by atoms with E-state index in [1.807, 2.05) is 0 Å². The zero-order chi connectivity index (χ0) is 18.0. The molecule has 0 saturated heterocycles. The maximum atomic E-state index is 13.7. The lowest BCUT2D eigenvalue weighted by Crippen LogP contribution is -2.09. The number of nitrogens with one attached hydrogen (secondary N) is 2. The van der Waals surface area contributed by atoms with Crippen molar-refractivity contribution in [3.8, 4) is 0 Å². The third kappa shape index (κ3) is 3.82. The van der Waals surface area contributed by atoms with Crippen LogP contribution >= 0.6 is 11.6 Å². The second-order valence-electron chi connectivity index (χ2n) is 5.09. The number of aromatic nitrogens is 4. The third-order valence-corrected chi connectivity index (χ3v) is 3.55. The minimum Gasteiger partial charge on any atom is -0.364 e. The van der Waals surface area contributed by atoms with Gasteiger partial charge in [0.2, 0.25) is 5.95 Å². The summed E-state index contributed by atoms with van der Waals surface area (Å²) < 4.78 is 42.2.